The standard InChI is InChI=1S/C31H58O5/c1-5-6-7-8-9-10-11-12-13-14-15-16-17-18-19-22-28(35-30-23-20-21-24-34-30)25-27(32)26-29(33)36-31(2,3)4/h12-13,27-28,30,32H,5-11,14-26H2,1-4H3/b13-12-/t27-,28+,30?/m0/s1. The van der Waals surface area contributed by atoms with Crippen molar-refractivity contribution in [1.82, 2.24) is 0 Å². The molecule has 1 saturated heterocycles. The quantitative estimate of drug-likeness (QED) is 0.0953. The second-order valence-corrected chi connectivity index (χ2v) is 11.6. The molecule has 1 aliphatic rings. The van der Waals surface area contributed by atoms with Crippen LogP contribution in [0.5, 0.6) is 0 Å². The zero-order chi connectivity index (χ0) is 26.5. The summed E-state index contributed by atoms with van der Waals surface area (Å²) >= 11 is 0. The van der Waals surface area contributed by atoms with E-state index in [4.69, 9.17) is 14.2 Å². The Bertz CT molecular complexity index is 548. The van der Waals surface area contributed by atoms with Gasteiger partial charge in [-0.3, -0.25) is 4.79 Å². The number of carbonyl (C=O) groups excluding carboxylic acids is 1. The lowest BCUT2D eigenvalue weighted by molar-refractivity contribution is -0.195. The van der Waals surface area contributed by atoms with Crippen molar-refractivity contribution in [3.8, 4) is 0 Å². The third-order valence-corrected chi connectivity index (χ3v) is 6.63. The Morgan fingerprint density at radius 3 is 2.14 bits per heavy atom. The number of rotatable bonds is 21. The van der Waals surface area contributed by atoms with Crippen molar-refractivity contribution in [3.63, 3.8) is 0 Å². The molecule has 0 spiro atoms. The second kappa shape index (κ2) is 21.1. The molecule has 5 nitrogen and oxygen atoms in total. The third kappa shape index (κ3) is 20.2. The van der Waals surface area contributed by atoms with E-state index in [0.29, 0.717) is 6.42 Å². The van der Waals surface area contributed by atoms with Crippen LogP contribution in [0.1, 0.15) is 150 Å². The van der Waals surface area contributed by atoms with Crippen LogP contribution >= 0.6 is 0 Å². The third-order valence-electron chi connectivity index (χ3n) is 6.63. The Morgan fingerprint density at radius 1 is 0.944 bits per heavy atom. The minimum absolute atomic E-state index is 0.00896. The summed E-state index contributed by atoms with van der Waals surface area (Å²) < 4.78 is 17.3. The molecule has 1 N–H and O–H groups in total. The van der Waals surface area contributed by atoms with Gasteiger partial charge in [-0.15, -0.1) is 0 Å². The highest BCUT2D eigenvalue weighted by Crippen LogP contribution is 2.22. The number of unbranched alkanes of at least 4 members (excludes halogenated alkanes) is 11. The molecular weight excluding hydrogens is 452 g/mol. The molecule has 1 aliphatic heterocycles. The van der Waals surface area contributed by atoms with Gasteiger partial charge in [0.1, 0.15) is 5.60 Å². The molecule has 1 rings (SSSR count). The van der Waals surface area contributed by atoms with Gasteiger partial charge in [0.05, 0.1) is 18.6 Å². The second-order valence-electron chi connectivity index (χ2n) is 11.6. The Kier molecular flexibility index (Phi) is 19.4. The topological polar surface area (TPSA) is 65.0 Å². The van der Waals surface area contributed by atoms with Gasteiger partial charge in [-0.2, -0.15) is 0 Å². The summed E-state index contributed by atoms with van der Waals surface area (Å²) in [4.78, 5) is 12.1. The maximum atomic E-state index is 12.1. The average Bonchev–Trinajstić information content (AvgIpc) is 2.80. The van der Waals surface area contributed by atoms with Gasteiger partial charge in [-0.25, -0.2) is 0 Å². The first-order valence-corrected chi connectivity index (χ1v) is 15.1. The smallest absolute Gasteiger partial charge is 0.308 e. The monoisotopic (exact) mass is 510 g/mol. The van der Waals surface area contributed by atoms with E-state index in [9.17, 15) is 9.90 Å². The fourth-order valence-electron chi connectivity index (χ4n) is 4.68. The molecule has 36 heavy (non-hydrogen) atoms. The normalized spacial score (nSPS) is 18.4. The van der Waals surface area contributed by atoms with Gasteiger partial charge in [0, 0.05) is 13.0 Å². The molecule has 5 heteroatoms. The van der Waals surface area contributed by atoms with Crippen molar-refractivity contribution >= 4 is 5.97 Å². The van der Waals surface area contributed by atoms with Crippen LogP contribution in [-0.4, -0.2) is 41.8 Å². The Labute approximate surface area is 222 Å². The van der Waals surface area contributed by atoms with Crippen LogP contribution in [0.3, 0.4) is 0 Å². The largest absolute Gasteiger partial charge is 0.460 e. The predicted molar refractivity (Wildman–Crippen MR) is 149 cm³/mol. The van der Waals surface area contributed by atoms with E-state index in [0.717, 1.165) is 38.7 Å². The summed E-state index contributed by atoms with van der Waals surface area (Å²) in [5.74, 6) is -0.358. The highest BCUT2D eigenvalue weighted by molar-refractivity contribution is 5.70. The van der Waals surface area contributed by atoms with E-state index in [1.165, 1.54) is 77.0 Å². The van der Waals surface area contributed by atoms with Gasteiger partial charge >= 0.3 is 5.97 Å². The zero-order valence-electron chi connectivity index (χ0n) is 24.1. The Morgan fingerprint density at radius 2 is 1.56 bits per heavy atom. The van der Waals surface area contributed by atoms with Gasteiger partial charge in [0.25, 0.3) is 0 Å². The number of hydrogen-bond donors (Lipinski definition) is 1. The molecule has 0 aromatic heterocycles. The molecular formula is C31H58O5. The lowest BCUT2D eigenvalue weighted by Crippen LogP contribution is -2.32. The first-order valence-electron chi connectivity index (χ1n) is 15.1. The predicted octanol–water partition coefficient (Wildman–Crippen LogP) is 8.42. The van der Waals surface area contributed by atoms with Gasteiger partial charge in [-0.05, 0) is 72.1 Å². The van der Waals surface area contributed by atoms with E-state index < -0.39 is 11.7 Å². The molecule has 0 saturated carbocycles. The number of ether oxygens (including phenoxy) is 3. The lowest BCUT2D eigenvalue weighted by Gasteiger charge is -2.29. The van der Waals surface area contributed by atoms with Crippen LogP contribution < -0.4 is 0 Å². The number of hydrogen-bond acceptors (Lipinski definition) is 5. The fourth-order valence-corrected chi connectivity index (χ4v) is 4.68. The molecule has 0 amide bonds. The number of esters is 1. The van der Waals surface area contributed by atoms with Crippen LogP contribution in [0, 0.1) is 0 Å². The van der Waals surface area contributed by atoms with Crippen LogP contribution in [0.15, 0.2) is 12.2 Å². The van der Waals surface area contributed by atoms with E-state index in [2.05, 4.69) is 19.1 Å². The van der Waals surface area contributed by atoms with E-state index in [1.54, 1.807) is 0 Å². The molecule has 1 heterocycles. The molecule has 0 aliphatic carbocycles. The number of carbonyl (C=O) groups is 1. The van der Waals surface area contributed by atoms with Gasteiger partial charge < -0.3 is 19.3 Å². The van der Waals surface area contributed by atoms with E-state index in [-0.39, 0.29) is 24.8 Å². The van der Waals surface area contributed by atoms with Crippen LogP contribution in [0.4, 0.5) is 0 Å². The number of aliphatic hydroxyl groups excluding tert-OH is 1. The van der Waals surface area contributed by atoms with E-state index >= 15 is 0 Å². The summed E-state index contributed by atoms with van der Waals surface area (Å²) in [7, 11) is 0. The maximum absolute atomic E-state index is 12.1. The van der Waals surface area contributed by atoms with Crippen molar-refractivity contribution in [1.29, 1.82) is 0 Å². The molecule has 0 radical (unpaired) electrons. The summed E-state index contributed by atoms with van der Waals surface area (Å²) in [6, 6.07) is 0. The van der Waals surface area contributed by atoms with Crippen molar-refractivity contribution in [3.05, 3.63) is 12.2 Å². The summed E-state index contributed by atoms with van der Waals surface area (Å²) in [5.41, 5.74) is -0.535. The highest BCUT2D eigenvalue weighted by Gasteiger charge is 2.25. The minimum atomic E-state index is -0.753. The highest BCUT2D eigenvalue weighted by atomic mass is 16.7. The number of aliphatic hydroxyl groups is 1. The van der Waals surface area contributed by atoms with Crippen LogP contribution in [0.25, 0.3) is 0 Å². The Hall–Kier alpha value is -0.910. The minimum Gasteiger partial charge on any atom is -0.460 e. The van der Waals surface area contributed by atoms with Crippen molar-refractivity contribution in [2.45, 2.75) is 174 Å². The van der Waals surface area contributed by atoms with Gasteiger partial charge in [0.2, 0.25) is 0 Å². The lowest BCUT2D eigenvalue weighted by atomic mass is 10.0. The van der Waals surface area contributed by atoms with Gasteiger partial charge in [-0.1, -0.05) is 76.9 Å². The first kappa shape index (κ1) is 33.1. The summed E-state index contributed by atoms with van der Waals surface area (Å²) in [6.07, 6.45) is 24.8. The zero-order valence-corrected chi connectivity index (χ0v) is 24.1. The first-order chi connectivity index (χ1) is 17.3. The molecule has 0 aromatic rings. The maximum Gasteiger partial charge on any atom is 0.308 e. The average molecular weight is 511 g/mol. The molecule has 3 atom stereocenters. The van der Waals surface area contributed by atoms with Gasteiger partial charge in [0.15, 0.2) is 6.29 Å². The molecule has 212 valence electrons. The SMILES string of the molecule is CCCCCCCC/C=C\CCCCCCC[C@H](C[C@H](O)CC(=O)OC(C)(C)C)OC1CCCCO1. The van der Waals surface area contributed by atoms with Crippen molar-refractivity contribution in [2.24, 2.45) is 0 Å². The summed E-state index contributed by atoms with van der Waals surface area (Å²) in [5, 5.41) is 10.5. The van der Waals surface area contributed by atoms with E-state index in [1.807, 2.05) is 20.8 Å². The number of allylic oxidation sites excluding steroid dienone is 2. The molecule has 1 fully saturated rings. The van der Waals surface area contributed by atoms with Crippen LogP contribution in [-0.2, 0) is 19.0 Å². The Balaban J connectivity index is 2.20. The van der Waals surface area contributed by atoms with Crippen molar-refractivity contribution in [2.75, 3.05) is 6.61 Å². The fraction of sp³-hybridized carbons (Fsp3) is 0.903. The van der Waals surface area contributed by atoms with Crippen LogP contribution in [0.2, 0.25) is 0 Å². The molecule has 0 bridgehead atoms. The molecule has 0 aromatic carbocycles. The van der Waals surface area contributed by atoms with Crippen molar-refractivity contribution < 1.29 is 24.1 Å². The molecule has 1 unspecified atom stereocenters. The summed E-state index contributed by atoms with van der Waals surface area (Å²) in [6.45, 7) is 8.54.